The molecule has 4 heterocycles. The Balaban J connectivity index is 0.00000456. The van der Waals surface area contributed by atoms with Crippen LogP contribution < -0.4 is 4.90 Å². The molecular formula is C57H38FN5Pd. The van der Waals surface area contributed by atoms with Crippen LogP contribution in [0.5, 0.6) is 0 Å². The number of fused-ring (bicyclic) bond motifs is 7. The molecule has 12 rings (SSSR count). The Morgan fingerprint density at radius 2 is 1.19 bits per heavy atom. The number of hydrogen-bond acceptors (Lipinski definition) is 3. The Labute approximate surface area is 384 Å². The normalized spacial score (nSPS) is 13.4. The molecule has 7 heteroatoms. The zero-order valence-corrected chi connectivity index (χ0v) is 36.2. The van der Waals surface area contributed by atoms with Gasteiger partial charge in [-0.3, -0.25) is 4.98 Å². The van der Waals surface area contributed by atoms with E-state index in [1.165, 1.54) is 0 Å². The minimum absolute atomic E-state index is 0. The van der Waals surface area contributed by atoms with Crippen LogP contribution in [0.2, 0.25) is 0 Å². The van der Waals surface area contributed by atoms with E-state index in [4.69, 9.17) is 9.97 Å². The molecule has 0 radical (unpaired) electrons. The van der Waals surface area contributed by atoms with Crippen LogP contribution in [0.4, 0.5) is 21.5 Å². The number of halogens is 1. The van der Waals surface area contributed by atoms with E-state index < -0.39 is 11.6 Å². The number of hydrogen-bond donors (Lipinski definition) is 0. The van der Waals surface area contributed by atoms with Crippen LogP contribution >= 0.6 is 0 Å². The maximum absolute atomic E-state index is 17.0. The molecule has 1 unspecified atom stereocenters. The van der Waals surface area contributed by atoms with Gasteiger partial charge < -0.3 is 14.0 Å². The number of anilines is 3. The molecule has 1 atom stereocenters. The number of alkyl halides is 1. The van der Waals surface area contributed by atoms with Gasteiger partial charge in [0, 0.05) is 29.9 Å². The summed E-state index contributed by atoms with van der Waals surface area (Å²) in [6.07, 6.45) is 0.582. The summed E-state index contributed by atoms with van der Waals surface area (Å²) in [4.78, 5) is 12.7. The largest absolute Gasteiger partial charge is 2.00 e. The summed E-state index contributed by atoms with van der Waals surface area (Å²) in [5.74, 6) is 0.735. The first-order valence-electron chi connectivity index (χ1n) is 21.2. The molecule has 0 fully saturated rings. The van der Waals surface area contributed by atoms with Crippen molar-refractivity contribution in [2.45, 2.75) is 11.6 Å². The van der Waals surface area contributed by atoms with E-state index in [1.54, 1.807) is 12.1 Å². The van der Waals surface area contributed by atoms with Crippen LogP contribution in [-0.2, 0) is 32.9 Å². The molecular weight excluding hydrogens is 880 g/mol. The van der Waals surface area contributed by atoms with Crippen molar-refractivity contribution in [2.24, 2.45) is 7.05 Å². The minimum atomic E-state index is -1.49. The molecule has 0 N–H and O–H groups in total. The fourth-order valence-corrected chi connectivity index (χ4v) is 9.99. The molecule has 8 aromatic carbocycles. The van der Waals surface area contributed by atoms with Crippen molar-refractivity contribution in [1.82, 2.24) is 19.1 Å². The van der Waals surface area contributed by atoms with Crippen molar-refractivity contribution in [3.8, 4) is 17.1 Å². The second-order valence-electron chi connectivity index (χ2n) is 16.1. The molecule has 11 aromatic rings. The molecule has 64 heavy (non-hydrogen) atoms. The summed E-state index contributed by atoms with van der Waals surface area (Å²) in [5, 5.41) is 2.03. The maximum Gasteiger partial charge on any atom is 2.00 e. The summed E-state index contributed by atoms with van der Waals surface area (Å²) in [7, 11) is 1.98. The molecule has 308 valence electrons. The molecule has 1 aliphatic heterocycles. The van der Waals surface area contributed by atoms with E-state index in [2.05, 4.69) is 167 Å². The van der Waals surface area contributed by atoms with E-state index in [1.807, 2.05) is 60.1 Å². The monoisotopic (exact) mass is 917 g/mol. The fraction of sp³-hybridized carbons (Fsp3) is 0.0526. The van der Waals surface area contributed by atoms with Crippen LogP contribution in [0.1, 0.15) is 39.6 Å². The van der Waals surface area contributed by atoms with E-state index >= 15 is 4.39 Å². The number of para-hydroxylation sites is 5. The SMILES string of the molecule is Cn1c(-c2[c-]c(C(F)c3[c-]c(-n4c5ccccc5c5c6c(cnc54)C(c4ccccc4)(c4ccccc4)c4ccccc4N6c4ccccc4)ccc3)ccc2)nc2ccccc21.[Pd+2]. The number of nitrogens with zero attached hydrogens (tertiary/aromatic N) is 5. The first kappa shape index (κ1) is 39.4. The van der Waals surface area contributed by atoms with Gasteiger partial charge >= 0.3 is 20.4 Å². The van der Waals surface area contributed by atoms with Crippen LogP contribution in [0, 0.1) is 12.1 Å². The van der Waals surface area contributed by atoms with Crippen molar-refractivity contribution in [3.63, 3.8) is 0 Å². The molecule has 0 aliphatic carbocycles. The zero-order valence-electron chi connectivity index (χ0n) is 34.6. The van der Waals surface area contributed by atoms with Crippen molar-refractivity contribution < 1.29 is 24.8 Å². The predicted octanol–water partition coefficient (Wildman–Crippen LogP) is 13.6. The Kier molecular flexibility index (Phi) is 9.69. The minimum Gasteiger partial charge on any atom is -0.367 e. The second-order valence-corrected chi connectivity index (χ2v) is 16.1. The quantitative estimate of drug-likeness (QED) is 0.118. The van der Waals surface area contributed by atoms with Gasteiger partial charge in [0.05, 0.1) is 44.6 Å². The molecule has 1 aliphatic rings. The Morgan fingerprint density at radius 1 is 0.578 bits per heavy atom. The van der Waals surface area contributed by atoms with Gasteiger partial charge in [-0.2, -0.15) is 18.2 Å². The van der Waals surface area contributed by atoms with Gasteiger partial charge in [0.15, 0.2) is 0 Å². The zero-order chi connectivity index (χ0) is 42.1. The van der Waals surface area contributed by atoms with E-state index in [9.17, 15) is 0 Å². The number of benzene rings is 8. The molecule has 0 saturated carbocycles. The van der Waals surface area contributed by atoms with Crippen LogP contribution in [-0.4, -0.2) is 19.1 Å². The molecule has 3 aromatic heterocycles. The van der Waals surface area contributed by atoms with E-state index in [0.29, 0.717) is 16.8 Å². The Hall–Kier alpha value is -7.43. The average Bonchev–Trinajstić information content (AvgIpc) is 3.88. The number of rotatable bonds is 7. The molecule has 0 spiro atoms. The van der Waals surface area contributed by atoms with Gasteiger partial charge in [0.2, 0.25) is 0 Å². The third-order valence-electron chi connectivity index (χ3n) is 12.7. The fourth-order valence-electron chi connectivity index (χ4n) is 9.99. The van der Waals surface area contributed by atoms with Crippen LogP contribution in [0.25, 0.3) is 50.0 Å². The second kappa shape index (κ2) is 15.7. The molecule has 0 bridgehead atoms. The van der Waals surface area contributed by atoms with E-state index in [0.717, 1.165) is 83.7 Å². The van der Waals surface area contributed by atoms with Gasteiger partial charge in [0.25, 0.3) is 0 Å². The molecule has 0 saturated heterocycles. The summed E-state index contributed by atoms with van der Waals surface area (Å²) < 4.78 is 21.2. The van der Waals surface area contributed by atoms with Crippen molar-refractivity contribution >= 4 is 50.0 Å². The van der Waals surface area contributed by atoms with Crippen LogP contribution in [0.15, 0.2) is 206 Å². The van der Waals surface area contributed by atoms with Gasteiger partial charge in [-0.1, -0.05) is 139 Å². The van der Waals surface area contributed by atoms with Crippen molar-refractivity contribution in [2.75, 3.05) is 4.90 Å². The van der Waals surface area contributed by atoms with Crippen molar-refractivity contribution in [3.05, 3.63) is 252 Å². The topological polar surface area (TPSA) is 38.9 Å². The standard InChI is InChI=1S/C57H38FN5.Pd/c1-61-51-34-16-13-31-48(51)60-55(61)40-21-17-19-38(35-40)53(58)39-20-18-28-44(36-39)63-49-32-14-11-29-45(49)52-54-47(37-59-56(52)63)57(41-22-5-2-6-23-41,42-24-7-3-8-25-42)46-30-12-15-33-50(46)62(54)43-26-9-4-10-27-43;/h2-34,37,53H,1H3;/q-2;+2. The molecule has 5 nitrogen and oxygen atoms in total. The maximum atomic E-state index is 17.0. The summed E-state index contributed by atoms with van der Waals surface area (Å²) in [6.45, 7) is 0. The Morgan fingerprint density at radius 3 is 1.92 bits per heavy atom. The summed E-state index contributed by atoms with van der Waals surface area (Å²) >= 11 is 0. The van der Waals surface area contributed by atoms with Gasteiger partial charge in [-0.15, -0.1) is 41.5 Å². The number of imidazole rings is 1. The van der Waals surface area contributed by atoms with Gasteiger partial charge in [-0.25, -0.2) is 9.37 Å². The number of aryl methyl sites for hydroxylation is 1. The third-order valence-corrected chi connectivity index (χ3v) is 12.7. The third kappa shape index (κ3) is 5.93. The van der Waals surface area contributed by atoms with E-state index in [-0.39, 0.29) is 20.4 Å². The summed E-state index contributed by atoms with van der Waals surface area (Å²) in [6, 6.07) is 75.5. The number of pyridine rings is 1. The van der Waals surface area contributed by atoms with Gasteiger partial charge in [0.1, 0.15) is 11.8 Å². The van der Waals surface area contributed by atoms with Crippen LogP contribution in [0.3, 0.4) is 0 Å². The summed E-state index contributed by atoms with van der Waals surface area (Å²) in [5.41, 5.74) is 12.8. The molecule has 0 amide bonds. The first-order chi connectivity index (χ1) is 31.1. The van der Waals surface area contributed by atoms with Crippen molar-refractivity contribution in [1.29, 1.82) is 0 Å². The average molecular weight is 918 g/mol. The predicted molar refractivity (Wildman–Crippen MR) is 252 cm³/mol. The Bertz CT molecular complexity index is 3470. The van der Waals surface area contributed by atoms with Gasteiger partial charge in [-0.05, 0) is 53.1 Å². The first-order valence-corrected chi connectivity index (χ1v) is 21.2. The number of aromatic nitrogens is 4. The smallest absolute Gasteiger partial charge is 0.367 e.